The lowest BCUT2D eigenvalue weighted by Gasteiger charge is -2.35. The van der Waals surface area contributed by atoms with Gasteiger partial charge in [0.15, 0.2) is 0 Å². The van der Waals surface area contributed by atoms with E-state index in [9.17, 15) is 4.79 Å². The first-order valence-corrected chi connectivity index (χ1v) is 8.11. The van der Waals surface area contributed by atoms with Crippen LogP contribution in [0.1, 0.15) is 63.0 Å². The van der Waals surface area contributed by atoms with Gasteiger partial charge in [0, 0.05) is 19.0 Å². The first kappa shape index (κ1) is 16.0. The van der Waals surface area contributed by atoms with Crippen LogP contribution >= 0.6 is 0 Å². The summed E-state index contributed by atoms with van der Waals surface area (Å²) in [6.07, 6.45) is 4.66. The lowest BCUT2D eigenvalue weighted by atomic mass is 9.96. The van der Waals surface area contributed by atoms with Crippen LogP contribution in [0.3, 0.4) is 0 Å². The van der Waals surface area contributed by atoms with Gasteiger partial charge in [-0.2, -0.15) is 0 Å². The summed E-state index contributed by atoms with van der Waals surface area (Å²) in [5, 5.41) is 8.88. The van der Waals surface area contributed by atoms with Gasteiger partial charge >= 0.3 is 5.97 Å². The lowest BCUT2D eigenvalue weighted by molar-refractivity contribution is -0.137. The molecule has 0 bridgehead atoms. The molecule has 116 valence electrons. The van der Waals surface area contributed by atoms with Crippen molar-refractivity contribution < 1.29 is 9.90 Å². The van der Waals surface area contributed by atoms with Crippen LogP contribution in [0.25, 0.3) is 0 Å². The van der Waals surface area contributed by atoms with E-state index in [1.54, 1.807) is 0 Å². The Balaban J connectivity index is 1.96. The third-order valence-corrected chi connectivity index (χ3v) is 4.47. The van der Waals surface area contributed by atoms with E-state index in [2.05, 4.69) is 43.0 Å². The highest BCUT2D eigenvalue weighted by Gasteiger charge is 2.22. The van der Waals surface area contributed by atoms with Gasteiger partial charge in [-0.05, 0) is 42.9 Å². The first-order chi connectivity index (χ1) is 10.1. The topological polar surface area (TPSA) is 40.5 Å². The Morgan fingerprint density at radius 2 is 2.00 bits per heavy atom. The molecule has 1 saturated heterocycles. The molecular weight excluding hydrogens is 262 g/mol. The van der Waals surface area contributed by atoms with E-state index in [0.717, 1.165) is 25.9 Å². The van der Waals surface area contributed by atoms with Crippen molar-refractivity contribution in [2.75, 3.05) is 6.54 Å². The summed E-state index contributed by atoms with van der Waals surface area (Å²) in [4.78, 5) is 13.3. The first-order valence-electron chi connectivity index (χ1n) is 8.11. The number of likely N-dealkylation sites (tertiary alicyclic amines) is 1. The Hall–Kier alpha value is -1.35. The molecule has 0 saturated carbocycles. The Morgan fingerprint density at radius 3 is 2.62 bits per heavy atom. The Bertz CT molecular complexity index is 453. The zero-order valence-corrected chi connectivity index (χ0v) is 13.2. The highest BCUT2D eigenvalue weighted by atomic mass is 16.4. The second-order valence-electron chi connectivity index (χ2n) is 6.45. The van der Waals surface area contributed by atoms with E-state index in [-0.39, 0.29) is 6.42 Å². The Morgan fingerprint density at radius 1 is 1.29 bits per heavy atom. The molecule has 0 amide bonds. The summed E-state index contributed by atoms with van der Waals surface area (Å²) in [6, 6.07) is 9.31. The third kappa shape index (κ3) is 4.85. The average molecular weight is 289 g/mol. The van der Waals surface area contributed by atoms with Gasteiger partial charge in [0.25, 0.3) is 0 Å². The third-order valence-electron chi connectivity index (χ3n) is 4.47. The summed E-state index contributed by atoms with van der Waals surface area (Å²) in [7, 11) is 0. The molecule has 1 fully saturated rings. The maximum atomic E-state index is 10.8. The zero-order valence-electron chi connectivity index (χ0n) is 13.2. The maximum Gasteiger partial charge on any atom is 0.303 e. The minimum absolute atomic E-state index is 0.285. The lowest BCUT2D eigenvalue weighted by Crippen LogP contribution is -2.39. The smallest absolute Gasteiger partial charge is 0.303 e. The number of aliphatic carboxylic acids is 1. The molecule has 1 aliphatic rings. The molecule has 0 aliphatic carbocycles. The molecule has 2 rings (SSSR count). The van der Waals surface area contributed by atoms with Crippen molar-refractivity contribution in [2.45, 2.75) is 64.5 Å². The fourth-order valence-corrected chi connectivity index (χ4v) is 3.13. The van der Waals surface area contributed by atoms with Crippen LogP contribution in [0, 0.1) is 0 Å². The van der Waals surface area contributed by atoms with E-state index in [1.807, 2.05) is 0 Å². The molecule has 1 heterocycles. The predicted molar refractivity (Wildman–Crippen MR) is 85.4 cm³/mol. The van der Waals surface area contributed by atoms with Crippen molar-refractivity contribution in [1.82, 2.24) is 4.90 Å². The van der Waals surface area contributed by atoms with Gasteiger partial charge in [-0.15, -0.1) is 0 Å². The number of piperidine rings is 1. The molecule has 3 heteroatoms. The van der Waals surface area contributed by atoms with E-state index in [1.165, 1.54) is 24.0 Å². The molecular formula is C18H27NO2. The second kappa shape index (κ2) is 7.60. The van der Waals surface area contributed by atoms with Crippen LogP contribution < -0.4 is 0 Å². The van der Waals surface area contributed by atoms with Crippen molar-refractivity contribution in [3.8, 4) is 0 Å². The molecule has 1 aromatic carbocycles. The number of hydrogen-bond acceptors (Lipinski definition) is 2. The van der Waals surface area contributed by atoms with Crippen LogP contribution in [0.4, 0.5) is 0 Å². The molecule has 1 unspecified atom stereocenters. The number of nitrogens with zero attached hydrogens (tertiary/aromatic N) is 1. The SMILES string of the molecule is CC(C)c1ccc(CN2CCCCC2CCC(=O)O)cc1. The molecule has 1 atom stereocenters. The fraction of sp³-hybridized carbons (Fsp3) is 0.611. The van der Waals surface area contributed by atoms with Crippen molar-refractivity contribution in [1.29, 1.82) is 0 Å². The summed E-state index contributed by atoms with van der Waals surface area (Å²) >= 11 is 0. The van der Waals surface area contributed by atoms with Gasteiger partial charge < -0.3 is 5.11 Å². The van der Waals surface area contributed by atoms with Crippen LogP contribution in [-0.4, -0.2) is 28.6 Å². The fourth-order valence-electron chi connectivity index (χ4n) is 3.13. The van der Waals surface area contributed by atoms with Gasteiger partial charge in [0.1, 0.15) is 0 Å². The molecule has 1 aromatic rings. The summed E-state index contributed by atoms with van der Waals surface area (Å²) in [5.41, 5.74) is 2.71. The Kier molecular flexibility index (Phi) is 5.80. The number of rotatable bonds is 6. The molecule has 0 spiro atoms. The highest BCUT2D eigenvalue weighted by Crippen LogP contribution is 2.23. The van der Waals surface area contributed by atoms with E-state index in [4.69, 9.17) is 5.11 Å². The zero-order chi connectivity index (χ0) is 15.2. The molecule has 3 nitrogen and oxygen atoms in total. The minimum atomic E-state index is -0.679. The summed E-state index contributed by atoms with van der Waals surface area (Å²) < 4.78 is 0. The highest BCUT2D eigenvalue weighted by molar-refractivity contribution is 5.66. The van der Waals surface area contributed by atoms with Crippen molar-refractivity contribution >= 4 is 5.97 Å². The largest absolute Gasteiger partial charge is 0.481 e. The number of benzene rings is 1. The monoisotopic (exact) mass is 289 g/mol. The Labute approximate surface area is 128 Å². The molecule has 1 aliphatic heterocycles. The molecule has 0 aromatic heterocycles. The van der Waals surface area contributed by atoms with Crippen LogP contribution in [0.2, 0.25) is 0 Å². The van der Waals surface area contributed by atoms with Crippen molar-refractivity contribution in [3.05, 3.63) is 35.4 Å². The maximum absolute atomic E-state index is 10.8. The standard InChI is InChI=1S/C18H27NO2/c1-14(2)16-8-6-15(7-9-16)13-19-12-4-3-5-17(19)10-11-18(20)21/h6-9,14,17H,3-5,10-13H2,1-2H3,(H,20,21). The number of carboxylic acids is 1. The van der Waals surface area contributed by atoms with Crippen LogP contribution in [-0.2, 0) is 11.3 Å². The second-order valence-corrected chi connectivity index (χ2v) is 6.45. The van der Waals surface area contributed by atoms with Gasteiger partial charge in [-0.1, -0.05) is 44.5 Å². The summed E-state index contributed by atoms with van der Waals surface area (Å²) in [5.74, 6) is -0.112. The van der Waals surface area contributed by atoms with E-state index >= 15 is 0 Å². The van der Waals surface area contributed by atoms with Crippen LogP contribution in [0.15, 0.2) is 24.3 Å². The van der Waals surface area contributed by atoms with Crippen molar-refractivity contribution in [2.24, 2.45) is 0 Å². The summed E-state index contributed by atoms with van der Waals surface area (Å²) in [6.45, 7) is 6.46. The average Bonchev–Trinajstić information content (AvgIpc) is 2.47. The van der Waals surface area contributed by atoms with Gasteiger partial charge in [0.2, 0.25) is 0 Å². The van der Waals surface area contributed by atoms with E-state index in [0.29, 0.717) is 12.0 Å². The van der Waals surface area contributed by atoms with Gasteiger partial charge in [0.05, 0.1) is 0 Å². The van der Waals surface area contributed by atoms with Crippen molar-refractivity contribution in [3.63, 3.8) is 0 Å². The normalized spacial score (nSPS) is 19.9. The van der Waals surface area contributed by atoms with Gasteiger partial charge in [-0.3, -0.25) is 9.69 Å². The van der Waals surface area contributed by atoms with E-state index < -0.39 is 5.97 Å². The molecule has 0 radical (unpaired) electrons. The molecule has 1 N–H and O–H groups in total. The van der Waals surface area contributed by atoms with Crippen LogP contribution in [0.5, 0.6) is 0 Å². The quantitative estimate of drug-likeness (QED) is 0.859. The van der Waals surface area contributed by atoms with Gasteiger partial charge in [-0.25, -0.2) is 0 Å². The number of carboxylic acid groups (broad SMARTS) is 1. The predicted octanol–water partition coefficient (Wildman–Crippen LogP) is 4.03. The molecule has 21 heavy (non-hydrogen) atoms. The number of hydrogen-bond donors (Lipinski definition) is 1. The number of carbonyl (C=O) groups is 1. The minimum Gasteiger partial charge on any atom is -0.481 e.